The molecule has 0 spiro atoms. The fourth-order valence-electron chi connectivity index (χ4n) is 2.34. The highest BCUT2D eigenvalue weighted by Crippen LogP contribution is 2.20. The first-order valence-corrected chi connectivity index (χ1v) is 10.9. The van der Waals surface area contributed by atoms with E-state index in [0.29, 0.717) is 5.02 Å². The molecule has 26 heavy (non-hydrogen) atoms. The van der Waals surface area contributed by atoms with Crippen LogP contribution in [-0.2, 0) is 14.8 Å². The summed E-state index contributed by atoms with van der Waals surface area (Å²) in [6, 6.07) is 13.5. The summed E-state index contributed by atoms with van der Waals surface area (Å²) in [5.41, 5.74) is 0.958. The zero-order valence-electron chi connectivity index (χ0n) is 14.8. The number of sulfonamides is 1. The summed E-state index contributed by atoms with van der Waals surface area (Å²) in [6.45, 7) is 1.60. The molecule has 0 saturated heterocycles. The lowest BCUT2D eigenvalue weighted by molar-refractivity contribution is -0.121. The van der Waals surface area contributed by atoms with Crippen LogP contribution in [0.2, 0.25) is 5.02 Å². The zero-order chi connectivity index (χ0) is 19.3. The fraction of sp³-hybridized carbons (Fsp3) is 0.278. The van der Waals surface area contributed by atoms with Crippen molar-refractivity contribution in [2.75, 3.05) is 19.8 Å². The van der Waals surface area contributed by atoms with Crippen molar-refractivity contribution in [2.45, 2.75) is 22.8 Å². The summed E-state index contributed by atoms with van der Waals surface area (Å²) >= 11 is 7.43. The largest absolute Gasteiger partial charge is 0.348 e. The Kier molecular flexibility index (Phi) is 7.11. The van der Waals surface area contributed by atoms with Crippen LogP contribution in [0.3, 0.4) is 0 Å². The van der Waals surface area contributed by atoms with E-state index in [4.69, 9.17) is 11.6 Å². The van der Waals surface area contributed by atoms with Crippen molar-refractivity contribution >= 4 is 39.3 Å². The van der Waals surface area contributed by atoms with E-state index in [0.717, 1.165) is 14.8 Å². The van der Waals surface area contributed by atoms with Crippen LogP contribution in [0.15, 0.2) is 58.3 Å². The highest BCUT2D eigenvalue weighted by Gasteiger charge is 2.23. The van der Waals surface area contributed by atoms with E-state index >= 15 is 0 Å². The van der Waals surface area contributed by atoms with E-state index in [1.165, 1.54) is 31.3 Å². The number of halogens is 1. The van der Waals surface area contributed by atoms with Gasteiger partial charge in [0.25, 0.3) is 0 Å². The van der Waals surface area contributed by atoms with Crippen LogP contribution >= 0.6 is 23.4 Å². The van der Waals surface area contributed by atoms with Crippen molar-refractivity contribution in [2.24, 2.45) is 0 Å². The molecule has 1 amide bonds. The average molecular weight is 413 g/mol. The molecule has 0 saturated carbocycles. The van der Waals surface area contributed by atoms with Gasteiger partial charge in [0.1, 0.15) is 0 Å². The summed E-state index contributed by atoms with van der Waals surface area (Å²) in [7, 11) is -2.37. The highest BCUT2D eigenvalue weighted by molar-refractivity contribution is 7.98. The average Bonchev–Trinajstić information content (AvgIpc) is 2.61. The molecule has 0 aliphatic heterocycles. The molecule has 2 aromatic rings. The number of hydrogen-bond acceptors (Lipinski definition) is 4. The van der Waals surface area contributed by atoms with Gasteiger partial charge in [-0.05, 0) is 55.1 Å². The van der Waals surface area contributed by atoms with E-state index in [1.54, 1.807) is 11.8 Å². The van der Waals surface area contributed by atoms with Crippen LogP contribution in [0.4, 0.5) is 0 Å². The van der Waals surface area contributed by atoms with Crippen LogP contribution in [0.25, 0.3) is 0 Å². The van der Waals surface area contributed by atoms with Gasteiger partial charge < -0.3 is 5.32 Å². The van der Waals surface area contributed by atoms with Gasteiger partial charge in [-0.1, -0.05) is 23.7 Å². The van der Waals surface area contributed by atoms with Gasteiger partial charge in [-0.25, -0.2) is 8.42 Å². The molecule has 2 aromatic carbocycles. The van der Waals surface area contributed by atoms with Crippen molar-refractivity contribution in [3.63, 3.8) is 0 Å². The van der Waals surface area contributed by atoms with Crippen LogP contribution in [0.5, 0.6) is 0 Å². The lowest BCUT2D eigenvalue weighted by atomic mass is 10.1. The first-order chi connectivity index (χ1) is 12.2. The normalized spacial score (nSPS) is 12.8. The molecule has 0 fully saturated rings. The Morgan fingerprint density at radius 2 is 1.73 bits per heavy atom. The molecule has 0 heterocycles. The molecule has 1 atom stereocenters. The van der Waals surface area contributed by atoms with Gasteiger partial charge in [0, 0.05) is 17.0 Å². The second kappa shape index (κ2) is 8.90. The molecular formula is C18H21ClN2O3S2. The minimum atomic E-state index is -3.75. The van der Waals surface area contributed by atoms with E-state index in [2.05, 4.69) is 5.32 Å². The lowest BCUT2D eigenvalue weighted by Gasteiger charge is -2.19. The van der Waals surface area contributed by atoms with Gasteiger partial charge in [0.2, 0.25) is 15.9 Å². The third-order valence-corrected chi connectivity index (χ3v) is 6.69. The minimum Gasteiger partial charge on any atom is -0.348 e. The summed E-state index contributed by atoms with van der Waals surface area (Å²) < 4.78 is 26.0. The molecule has 0 radical (unpaired) electrons. The summed E-state index contributed by atoms with van der Waals surface area (Å²) in [4.78, 5) is 13.5. The molecular weight excluding hydrogens is 392 g/mol. The Hall–Kier alpha value is -1.54. The van der Waals surface area contributed by atoms with Gasteiger partial charge in [0.15, 0.2) is 0 Å². The van der Waals surface area contributed by atoms with Gasteiger partial charge >= 0.3 is 0 Å². The van der Waals surface area contributed by atoms with E-state index in [-0.39, 0.29) is 23.4 Å². The van der Waals surface area contributed by atoms with Gasteiger partial charge in [-0.3, -0.25) is 4.79 Å². The lowest BCUT2D eigenvalue weighted by Crippen LogP contribution is -2.39. The number of rotatable bonds is 7. The van der Waals surface area contributed by atoms with Crippen molar-refractivity contribution in [1.29, 1.82) is 0 Å². The van der Waals surface area contributed by atoms with Gasteiger partial charge in [-0.2, -0.15) is 4.31 Å². The molecule has 1 unspecified atom stereocenters. The predicted octanol–water partition coefficient (Wildman–Crippen LogP) is 3.56. The van der Waals surface area contributed by atoms with Crippen molar-refractivity contribution in [3.05, 3.63) is 59.1 Å². The maximum atomic E-state index is 12.5. The number of amides is 1. The van der Waals surface area contributed by atoms with Crippen molar-refractivity contribution in [1.82, 2.24) is 9.62 Å². The number of thioether (sulfide) groups is 1. The molecule has 5 nitrogen and oxygen atoms in total. The molecule has 0 bridgehead atoms. The standard InChI is InChI=1S/C18H21ClN2O3S2/c1-13(14-4-8-16(25-3)9-5-14)20-18(22)12-21(2)26(23,24)17-10-6-15(19)7-11-17/h4-11,13H,12H2,1-3H3,(H,20,22). The van der Waals surface area contributed by atoms with E-state index < -0.39 is 10.0 Å². The summed E-state index contributed by atoms with van der Waals surface area (Å²) in [6.07, 6.45) is 2.00. The number of hydrogen-bond donors (Lipinski definition) is 1. The third kappa shape index (κ3) is 5.23. The minimum absolute atomic E-state index is 0.0953. The number of nitrogens with zero attached hydrogens (tertiary/aromatic N) is 1. The smallest absolute Gasteiger partial charge is 0.243 e. The highest BCUT2D eigenvalue weighted by atomic mass is 35.5. The topological polar surface area (TPSA) is 66.5 Å². The Labute approximate surface area is 163 Å². The van der Waals surface area contributed by atoms with Crippen LogP contribution in [0, 0.1) is 0 Å². The number of benzene rings is 2. The maximum absolute atomic E-state index is 12.5. The third-order valence-electron chi connectivity index (χ3n) is 3.88. The quantitative estimate of drug-likeness (QED) is 0.706. The number of carbonyl (C=O) groups is 1. The second-order valence-electron chi connectivity index (χ2n) is 5.78. The summed E-state index contributed by atoms with van der Waals surface area (Å²) in [5, 5.41) is 3.27. The van der Waals surface area contributed by atoms with E-state index in [1.807, 2.05) is 37.4 Å². The Bertz CT molecular complexity index is 853. The zero-order valence-corrected chi connectivity index (χ0v) is 17.2. The molecule has 0 aromatic heterocycles. The van der Waals surface area contributed by atoms with Gasteiger partial charge in [0.05, 0.1) is 17.5 Å². The molecule has 0 aliphatic rings. The SMILES string of the molecule is CSc1ccc(C(C)NC(=O)CN(C)S(=O)(=O)c2ccc(Cl)cc2)cc1. The Morgan fingerprint density at radius 1 is 1.15 bits per heavy atom. The molecule has 8 heteroatoms. The molecule has 1 N–H and O–H groups in total. The maximum Gasteiger partial charge on any atom is 0.243 e. The summed E-state index contributed by atoms with van der Waals surface area (Å²) in [5.74, 6) is -0.369. The fourth-order valence-corrected chi connectivity index (χ4v) is 4.00. The monoisotopic (exact) mass is 412 g/mol. The van der Waals surface area contributed by atoms with Crippen molar-refractivity contribution in [3.8, 4) is 0 Å². The first-order valence-electron chi connectivity index (χ1n) is 7.89. The van der Waals surface area contributed by atoms with Crippen LogP contribution in [-0.4, -0.2) is 38.5 Å². The Balaban J connectivity index is 2.00. The number of nitrogens with one attached hydrogen (secondary N) is 1. The van der Waals surface area contributed by atoms with Crippen LogP contribution in [0.1, 0.15) is 18.5 Å². The van der Waals surface area contributed by atoms with Crippen molar-refractivity contribution < 1.29 is 13.2 Å². The molecule has 140 valence electrons. The second-order valence-corrected chi connectivity index (χ2v) is 9.14. The number of likely N-dealkylation sites (N-methyl/N-ethyl adjacent to an activating group) is 1. The molecule has 0 aliphatic carbocycles. The predicted molar refractivity (Wildman–Crippen MR) is 106 cm³/mol. The molecule has 2 rings (SSSR count). The first kappa shape index (κ1) is 20.8. The van der Waals surface area contributed by atoms with Gasteiger partial charge in [-0.15, -0.1) is 11.8 Å². The Morgan fingerprint density at radius 3 is 2.27 bits per heavy atom. The van der Waals surface area contributed by atoms with E-state index in [9.17, 15) is 13.2 Å². The van der Waals surface area contributed by atoms with Crippen LogP contribution < -0.4 is 5.32 Å². The number of carbonyl (C=O) groups excluding carboxylic acids is 1.